The zero-order valence-electron chi connectivity index (χ0n) is 12.8. The number of ketones is 1. The largest absolute Gasteiger partial charge is 0.299 e. The fourth-order valence-electron chi connectivity index (χ4n) is 4.10. The summed E-state index contributed by atoms with van der Waals surface area (Å²) in [7, 11) is 0. The highest BCUT2D eigenvalue weighted by Gasteiger charge is 2.37. The van der Waals surface area contributed by atoms with E-state index in [4.69, 9.17) is 9.98 Å². The smallest absolute Gasteiger partial charge is 0.147 e. The number of rotatable bonds is 1. The molecule has 2 aliphatic carbocycles. The normalized spacial score (nSPS) is 34.4. The minimum atomic E-state index is -0.148. The average molecular weight is 294 g/mol. The lowest BCUT2D eigenvalue weighted by Crippen LogP contribution is -2.34. The maximum atomic E-state index is 12.6. The lowest BCUT2D eigenvalue weighted by atomic mass is 9.77. The minimum absolute atomic E-state index is 0.148. The fraction of sp³-hybridized carbons (Fsp3) is 0.526. The van der Waals surface area contributed by atoms with Gasteiger partial charge in [-0.2, -0.15) is 0 Å². The van der Waals surface area contributed by atoms with Crippen LogP contribution < -0.4 is 0 Å². The van der Waals surface area contributed by atoms with E-state index in [1.165, 1.54) is 18.4 Å². The number of hydrogen-bond donors (Lipinski definition) is 0. The summed E-state index contributed by atoms with van der Waals surface area (Å²) < 4.78 is 0. The van der Waals surface area contributed by atoms with E-state index in [2.05, 4.69) is 24.3 Å². The van der Waals surface area contributed by atoms with E-state index in [9.17, 15) is 4.79 Å². The first-order chi connectivity index (χ1) is 10.8. The number of fused-ring (bicyclic) bond motifs is 2. The van der Waals surface area contributed by atoms with Crippen LogP contribution in [-0.4, -0.2) is 29.8 Å². The van der Waals surface area contributed by atoms with E-state index in [1.807, 2.05) is 12.3 Å². The Bertz CT molecular complexity index is 620. The van der Waals surface area contributed by atoms with Gasteiger partial charge in [-0.25, -0.2) is 0 Å². The van der Waals surface area contributed by atoms with Gasteiger partial charge in [0.05, 0.1) is 18.0 Å². The van der Waals surface area contributed by atoms with Crippen LogP contribution in [0.4, 0.5) is 0 Å². The summed E-state index contributed by atoms with van der Waals surface area (Å²) in [5.74, 6) is 0.434. The molecule has 0 radical (unpaired) electrons. The Kier molecular flexibility index (Phi) is 3.65. The Hall–Kier alpha value is -1.77. The van der Waals surface area contributed by atoms with Crippen molar-refractivity contribution in [3.63, 3.8) is 0 Å². The number of Topliss-reactive ketones (excluding diaryl/α,β-unsaturated/α-hetero) is 1. The van der Waals surface area contributed by atoms with Crippen LogP contribution in [-0.2, 0) is 4.79 Å². The molecule has 3 heteroatoms. The van der Waals surface area contributed by atoms with Gasteiger partial charge in [-0.05, 0) is 30.7 Å². The van der Waals surface area contributed by atoms with E-state index < -0.39 is 0 Å². The molecular weight excluding hydrogens is 272 g/mol. The molecule has 1 aromatic carbocycles. The molecular formula is C19H22N2O. The molecule has 1 aromatic rings. The van der Waals surface area contributed by atoms with Gasteiger partial charge in [0.2, 0.25) is 0 Å². The quantitative estimate of drug-likeness (QED) is 0.780. The molecule has 0 spiro atoms. The van der Waals surface area contributed by atoms with E-state index in [0.717, 1.165) is 25.0 Å². The predicted octanol–water partition coefficient (Wildman–Crippen LogP) is 3.59. The summed E-state index contributed by atoms with van der Waals surface area (Å²) in [6.07, 6.45) is 8.19. The van der Waals surface area contributed by atoms with Crippen molar-refractivity contribution in [2.75, 3.05) is 0 Å². The van der Waals surface area contributed by atoms with Crippen molar-refractivity contribution in [3.8, 4) is 0 Å². The lowest BCUT2D eigenvalue weighted by Gasteiger charge is -2.28. The van der Waals surface area contributed by atoms with Crippen LogP contribution in [0.2, 0.25) is 0 Å². The van der Waals surface area contributed by atoms with Gasteiger partial charge in [-0.15, -0.1) is 0 Å². The Labute approximate surface area is 131 Å². The molecule has 4 atom stereocenters. The van der Waals surface area contributed by atoms with Gasteiger partial charge in [-0.1, -0.05) is 43.2 Å². The molecule has 0 aromatic heterocycles. The number of hydrogen-bond acceptors (Lipinski definition) is 3. The van der Waals surface area contributed by atoms with E-state index >= 15 is 0 Å². The van der Waals surface area contributed by atoms with Crippen LogP contribution in [0.25, 0.3) is 0 Å². The molecule has 0 N–H and O–H groups in total. The maximum Gasteiger partial charge on any atom is 0.147 e. The van der Waals surface area contributed by atoms with Crippen LogP contribution in [0.15, 0.2) is 40.3 Å². The third-order valence-electron chi connectivity index (χ3n) is 5.33. The van der Waals surface area contributed by atoms with Gasteiger partial charge in [0.25, 0.3) is 0 Å². The van der Waals surface area contributed by atoms with Gasteiger partial charge < -0.3 is 0 Å². The van der Waals surface area contributed by atoms with Crippen molar-refractivity contribution in [2.45, 2.75) is 56.5 Å². The highest BCUT2D eigenvalue weighted by atomic mass is 16.1. The van der Waals surface area contributed by atoms with Gasteiger partial charge in [0.15, 0.2) is 0 Å². The monoisotopic (exact) mass is 294 g/mol. The summed E-state index contributed by atoms with van der Waals surface area (Å²) >= 11 is 0. The Morgan fingerprint density at radius 3 is 2.55 bits per heavy atom. The zero-order valence-corrected chi connectivity index (χ0v) is 12.8. The molecule has 2 saturated carbocycles. The van der Waals surface area contributed by atoms with Crippen LogP contribution in [0, 0.1) is 5.92 Å². The van der Waals surface area contributed by atoms with Crippen molar-refractivity contribution >= 4 is 17.7 Å². The Morgan fingerprint density at radius 1 is 0.955 bits per heavy atom. The molecule has 0 amide bonds. The molecule has 3 aliphatic rings. The average Bonchev–Trinajstić information content (AvgIpc) is 2.75. The highest BCUT2D eigenvalue weighted by Crippen LogP contribution is 2.35. The standard InChI is InChI=1S/C19H22N2O/c22-19-11-14(13-6-2-1-3-7-13)10-18-15(19)12-20-16-8-4-5-9-17(16)21-18/h1-3,6-7,12,14-17H,4-5,8-11H2/t14-,15?,16-,17-/m0/s1. The first-order valence-corrected chi connectivity index (χ1v) is 8.49. The summed E-state index contributed by atoms with van der Waals surface area (Å²) in [4.78, 5) is 22.3. The van der Waals surface area contributed by atoms with Gasteiger partial charge in [0.1, 0.15) is 5.78 Å². The number of benzene rings is 1. The minimum Gasteiger partial charge on any atom is -0.299 e. The number of nitrogens with zero attached hydrogens (tertiary/aromatic N) is 2. The molecule has 0 bridgehead atoms. The maximum absolute atomic E-state index is 12.6. The summed E-state index contributed by atoms with van der Waals surface area (Å²) in [6, 6.07) is 11.0. The first-order valence-electron chi connectivity index (χ1n) is 8.49. The van der Waals surface area contributed by atoms with Gasteiger partial charge in [-0.3, -0.25) is 14.8 Å². The number of aliphatic imine (C=N–C) groups is 2. The summed E-state index contributed by atoms with van der Waals surface area (Å²) in [6.45, 7) is 0. The molecule has 114 valence electrons. The van der Waals surface area contributed by atoms with Gasteiger partial charge >= 0.3 is 0 Å². The summed E-state index contributed by atoms with van der Waals surface area (Å²) in [5.41, 5.74) is 2.35. The molecule has 1 unspecified atom stereocenters. The Morgan fingerprint density at radius 2 is 1.73 bits per heavy atom. The van der Waals surface area contributed by atoms with Crippen molar-refractivity contribution in [3.05, 3.63) is 35.9 Å². The second-order valence-corrected chi connectivity index (χ2v) is 6.80. The summed E-state index contributed by atoms with van der Waals surface area (Å²) in [5, 5.41) is 0. The van der Waals surface area contributed by atoms with Gasteiger partial charge in [0, 0.05) is 18.3 Å². The van der Waals surface area contributed by atoms with Crippen LogP contribution in [0.3, 0.4) is 0 Å². The van der Waals surface area contributed by atoms with Crippen LogP contribution in [0.5, 0.6) is 0 Å². The first kappa shape index (κ1) is 13.9. The molecule has 3 nitrogen and oxygen atoms in total. The van der Waals surface area contributed by atoms with Crippen LogP contribution in [0.1, 0.15) is 50.0 Å². The van der Waals surface area contributed by atoms with E-state index in [0.29, 0.717) is 24.3 Å². The molecule has 0 saturated heterocycles. The SMILES string of the molecule is O=C1C[C@@H](c2ccccc2)CC2=N[C@H]3CCCC[C@@H]3N=CC12. The van der Waals surface area contributed by atoms with Crippen molar-refractivity contribution in [1.29, 1.82) is 0 Å². The number of carbonyl (C=O) groups excluding carboxylic acids is 1. The predicted molar refractivity (Wildman–Crippen MR) is 88.9 cm³/mol. The molecule has 1 heterocycles. The third kappa shape index (κ3) is 2.53. The second-order valence-electron chi connectivity index (χ2n) is 6.80. The zero-order chi connectivity index (χ0) is 14.9. The Balaban J connectivity index is 1.64. The third-order valence-corrected chi connectivity index (χ3v) is 5.33. The number of carbonyl (C=O) groups is 1. The van der Waals surface area contributed by atoms with E-state index in [1.54, 1.807) is 0 Å². The molecule has 4 rings (SSSR count). The second kappa shape index (κ2) is 5.79. The van der Waals surface area contributed by atoms with Crippen molar-refractivity contribution in [1.82, 2.24) is 0 Å². The fourth-order valence-corrected chi connectivity index (χ4v) is 4.10. The van der Waals surface area contributed by atoms with Crippen molar-refractivity contribution < 1.29 is 4.79 Å². The molecule has 22 heavy (non-hydrogen) atoms. The lowest BCUT2D eigenvalue weighted by molar-refractivity contribution is -0.120. The van der Waals surface area contributed by atoms with E-state index in [-0.39, 0.29) is 11.8 Å². The van der Waals surface area contributed by atoms with Crippen LogP contribution >= 0.6 is 0 Å². The molecule has 1 aliphatic heterocycles. The topological polar surface area (TPSA) is 41.8 Å². The van der Waals surface area contributed by atoms with Crippen molar-refractivity contribution in [2.24, 2.45) is 15.9 Å². The highest BCUT2D eigenvalue weighted by molar-refractivity contribution is 6.18. The molecule has 2 fully saturated rings.